The van der Waals surface area contributed by atoms with Gasteiger partial charge in [0, 0.05) is 69.8 Å². The second-order valence-electron chi connectivity index (χ2n) is 37.6. The zero-order valence-corrected chi connectivity index (χ0v) is 66.4. The van der Waals surface area contributed by atoms with Crippen LogP contribution in [0.15, 0.2) is 84.9 Å². The van der Waals surface area contributed by atoms with Gasteiger partial charge in [-0.05, 0) is 187 Å². The van der Waals surface area contributed by atoms with Gasteiger partial charge in [0.1, 0.15) is 0 Å². The van der Waals surface area contributed by atoms with Crippen LogP contribution in [-0.4, -0.2) is 9.13 Å². The standard InChI is InChI=1S/C24H33N.C16H17N.C10H20.C9H20.C8H18.2C7H16.C6H14/c1-22(2,3)16-10-12-20-18(14-16)19-15-17(23(4,5)6)11-13-21(19)25(20)24(7,8)9;1-16(2,3)17-14-10-6-4-8-12(14)13-9-5-7-11-15(13)17;1-9(2,3)10(4)7-5-6-8-10;1-8(2,3)7-9(4,5)6;1-7(2)6-8(3,4)5;1-6(2)7(3,4)5;1-5-6-7(2,3)4;1-5-6(2,3)4/h10-15H,1-9H3;4-11H,1-3H3;5-8H2,1-4H3;7H2,1-6H3;7H,6H2,1-5H3;6H,1-5H3;5-6H2,1-4H3;5H2,1-4H3/i;;;7D2;6D2;6D;5D2,6D2;5D2. The molecule has 1 aliphatic rings. The topological polar surface area (TPSA) is 9.86 Å². The van der Waals surface area contributed by atoms with Crippen molar-refractivity contribution in [3.63, 3.8) is 0 Å². The monoisotopic (exact) mass is 1240 g/mol. The van der Waals surface area contributed by atoms with Crippen molar-refractivity contribution in [2.45, 2.75) is 356 Å². The third-order valence-corrected chi connectivity index (χ3v) is 16.2. The van der Waals surface area contributed by atoms with Crippen molar-refractivity contribution in [3.8, 4) is 0 Å². The molecule has 1 aliphatic carbocycles. The molecule has 1 fully saturated rings. The highest BCUT2D eigenvalue weighted by molar-refractivity contribution is 6.09. The van der Waals surface area contributed by atoms with Crippen molar-refractivity contribution in [1.29, 1.82) is 0 Å². The summed E-state index contributed by atoms with van der Waals surface area (Å²) in [7, 11) is 0. The Morgan fingerprint density at radius 1 is 0.427 bits per heavy atom. The zero-order chi connectivity index (χ0) is 80.2. The third-order valence-electron chi connectivity index (χ3n) is 16.2. The fraction of sp³-hybridized carbons (Fsp3) is 0.724. The van der Waals surface area contributed by atoms with Gasteiger partial charge < -0.3 is 9.13 Å². The van der Waals surface area contributed by atoms with Crippen molar-refractivity contribution < 1.29 is 15.1 Å². The van der Waals surface area contributed by atoms with E-state index >= 15 is 0 Å². The molecular weight excluding hydrogens is 1070 g/mol. The van der Waals surface area contributed by atoms with Crippen LogP contribution in [0.5, 0.6) is 0 Å². The summed E-state index contributed by atoms with van der Waals surface area (Å²) in [4.78, 5) is 0. The molecule has 2 heterocycles. The minimum Gasteiger partial charge on any atom is -0.335 e. The lowest BCUT2D eigenvalue weighted by atomic mass is 9.67. The molecule has 0 saturated heterocycles. The molecule has 0 atom stereocenters. The third kappa shape index (κ3) is 31.8. The molecule has 1 saturated carbocycles. The minimum absolute atomic E-state index is 0.0481. The summed E-state index contributed by atoms with van der Waals surface area (Å²) in [5.74, 6) is -0.222. The van der Waals surface area contributed by atoms with E-state index in [-0.39, 0.29) is 60.8 Å². The molecule has 0 amide bonds. The summed E-state index contributed by atoms with van der Waals surface area (Å²) >= 11 is 0. The Kier molecular flexibility index (Phi) is 24.8. The maximum Gasteiger partial charge on any atom is 0.0496 e. The Hall–Kier alpha value is -3.52. The van der Waals surface area contributed by atoms with Crippen LogP contribution in [-0.2, 0) is 21.9 Å². The lowest BCUT2D eigenvalue weighted by Crippen LogP contribution is -2.29. The number of benzene rings is 4. The highest BCUT2D eigenvalue weighted by atomic mass is 15.1. The number of para-hydroxylation sites is 2. The summed E-state index contributed by atoms with van der Waals surface area (Å²) in [5.41, 5.74) is 8.11. The van der Waals surface area contributed by atoms with Crippen LogP contribution >= 0.6 is 0 Å². The maximum atomic E-state index is 7.90. The molecule has 2 heteroatoms. The predicted molar refractivity (Wildman–Crippen MR) is 413 cm³/mol. The highest BCUT2D eigenvalue weighted by Crippen LogP contribution is 2.50. The van der Waals surface area contributed by atoms with Gasteiger partial charge >= 0.3 is 0 Å². The second-order valence-corrected chi connectivity index (χ2v) is 37.6. The van der Waals surface area contributed by atoms with Crippen LogP contribution in [0.25, 0.3) is 43.6 Å². The van der Waals surface area contributed by atoms with E-state index in [0.29, 0.717) is 10.8 Å². The molecule has 512 valence electrons. The summed E-state index contributed by atoms with van der Waals surface area (Å²) in [6.07, 6.45) is -1.04. The summed E-state index contributed by atoms with van der Waals surface area (Å²) in [6, 6.07) is 31.3. The summed E-state index contributed by atoms with van der Waals surface area (Å²) < 4.78 is 87.8. The van der Waals surface area contributed by atoms with Gasteiger partial charge in [0.15, 0.2) is 0 Å². The largest absolute Gasteiger partial charge is 0.335 e. The molecule has 89 heavy (non-hydrogen) atoms. The highest BCUT2D eigenvalue weighted by Gasteiger charge is 2.39. The predicted octanol–water partition coefficient (Wildman–Crippen LogP) is 29.8. The molecule has 6 aromatic rings. The van der Waals surface area contributed by atoms with E-state index < -0.39 is 37.3 Å². The smallest absolute Gasteiger partial charge is 0.0496 e. The van der Waals surface area contributed by atoms with E-state index in [1.807, 2.05) is 111 Å². The van der Waals surface area contributed by atoms with Crippen LogP contribution in [0.1, 0.15) is 361 Å². The number of nitrogens with zero attached hydrogens (tertiary/aromatic N) is 2. The van der Waals surface area contributed by atoms with Gasteiger partial charge in [-0.3, -0.25) is 0 Å². The molecule has 4 aromatic carbocycles. The molecule has 0 bridgehead atoms. The van der Waals surface area contributed by atoms with E-state index in [1.165, 1.54) is 87.3 Å². The lowest BCUT2D eigenvalue weighted by Gasteiger charge is -2.38. The molecule has 0 radical (unpaired) electrons. The SMILES string of the molecule is CC(C)(C)C1(C)CCCC1.CC(C)(C)c1ccc2c(c1)c1cc(C(C)(C)C)ccc1n2C(C)(C)C.CC(C)(C)n1c2ccccc2c2ccccc21.[2H]C(C)(C)C(C)(C)C.[2H]C([2H])(C(C)(C)C)C(C)(C)C.[2H]C([2H])(C(C)C)C(C)(C)C.[2H]C([2H])(C)C(C)(C)C.[2H]C([2H])(C)C([2H])([2H])C(C)(C)C. The van der Waals surface area contributed by atoms with Crippen LogP contribution < -0.4 is 0 Å². The summed E-state index contributed by atoms with van der Waals surface area (Å²) in [6.45, 7) is 82.1. The van der Waals surface area contributed by atoms with Gasteiger partial charge in [-0.25, -0.2) is 0 Å². The van der Waals surface area contributed by atoms with Crippen LogP contribution in [0.4, 0.5) is 0 Å². The van der Waals surface area contributed by atoms with Gasteiger partial charge in [0.2, 0.25) is 0 Å². The fourth-order valence-corrected chi connectivity index (χ4v) is 10.6. The molecule has 2 aromatic heterocycles. The first-order valence-electron chi connectivity index (χ1n) is 39.6. The second kappa shape index (κ2) is 33.0. The molecule has 7 rings (SSSR count). The van der Waals surface area contributed by atoms with Crippen molar-refractivity contribution in [2.24, 2.45) is 55.1 Å². The number of rotatable bonds is 2. The lowest BCUT2D eigenvalue weighted by molar-refractivity contribution is 0.117. The van der Waals surface area contributed by atoms with Gasteiger partial charge in [-0.1, -0.05) is 310 Å². The maximum absolute atomic E-state index is 7.90. The fourth-order valence-electron chi connectivity index (χ4n) is 10.6. The van der Waals surface area contributed by atoms with Gasteiger partial charge in [-0.2, -0.15) is 0 Å². The van der Waals surface area contributed by atoms with Gasteiger partial charge in [0.25, 0.3) is 0 Å². The number of aromatic nitrogens is 2. The minimum atomic E-state index is -1.79. The van der Waals surface area contributed by atoms with Crippen LogP contribution in [0.2, 0.25) is 0 Å². The first-order chi connectivity index (χ1) is 43.5. The molecule has 0 aliphatic heterocycles. The number of fused-ring (bicyclic) bond motifs is 6. The Labute approximate surface area is 573 Å². The first-order valence-corrected chi connectivity index (χ1v) is 34.1. The molecule has 0 spiro atoms. The molecular formula is C87H154N2. The molecule has 0 unspecified atom stereocenters. The summed E-state index contributed by atoms with van der Waals surface area (Å²) in [5, 5.41) is 5.45. The van der Waals surface area contributed by atoms with E-state index in [0.717, 1.165) is 0 Å². The van der Waals surface area contributed by atoms with E-state index in [2.05, 4.69) is 226 Å². The van der Waals surface area contributed by atoms with Crippen molar-refractivity contribution in [2.75, 3.05) is 0 Å². The van der Waals surface area contributed by atoms with E-state index in [9.17, 15) is 0 Å². The normalized spacial score (nSPS) is 17.2. The Morgan fingerprint density at radius 2 is 0.730 bits per heavy atom. The van der Waals surface area contributed by atoms with Crippen LogP contribution in [0.3, 0.4) is 0 Å². The average Bonchev–Trinajstić information content (AvgIpc) is 1.59. The Morgan fingerprint density at radius 3 is 0.899 bits per heavy atom. The van der Waals surface area contributed by atoms with Crippen molar-refractivity contribution in [1.82, 2.24) is 9.13 Å². The van der Waals surface area contributed by atoms with Gasteiger partial charge in [-0.15, -0.1) is 0 Å². The Balaban J connectivity index is 0.00000117. The van der Waals surface area contributed by atoms with E-state index in [1.54, 1.807) is 27.7 Å². The Bertz CT molecular complexity index is 3210. The van der Waals surface area contributed by atoms with Gasteiger partial charge in [0.05, 0.1) is 0 Å². The zero-order valence-electron chi connectivity index (χ0n) is 77.4. The first kappa shape index (κ1) is 66.9. The van der Waals surface area contributed by atoms with Crippen LogP contribution in [0, 0.1) is 55.1 Å². The average molecular weight is 1240 g/mol. The quantitative estimate of drug-likeness (QED) is 0.164. The molecule has 0 N–H and O–H groups in total. The van der Waals surface area contributed by atoms with E-state index in [4.69, 9.17) is 15.1 Å². The van der Waals surface area contributed by atoms with Crippen molar-refractivity contribution in [3.05, 3.63) is 96.1 Å². The number of hydrogen-bond donors (Lipinski definition) is 0. The number of hydrogen-bond acceptors (Lipinski definition) is 0. The van der Waals surface area contributed by atoms with Crippen molar-refractivity contribution >= 4 is 43.6 Å². The molecule has 2 nitrogen and oxygen atoms in total.